The monoisotopic (exact) mass is 356 g/mol. The number of pyridine rings is 1. The molecule has 5 heteroatoms. The minimum atomic E-state index is 0.182. The lowest BCUT2D eigenvalue weighted by atomic mass is 9.66. The van der Waals surface area contributed by atoms with Crippen LogP contribution in [0.15, 0.2) is 36.5 Å². The minimum Gasteiger partial charge on any atom is -0.477 e. The highest BCUT2D eigenvalue weighted by Crippen LogP contribution is 2.45. The number of carbonyl (C=O) groups excluding carboxylic acids is 1. The molecular weight excluding hydrogens is 328 g/mol. The van der Waals surface area contributed by atoms with Crippen molar-refractivity contribution in [3.8, 4) is 5.88 Å². The predicted molar refractivity (Wildman–Crippen MR) is 98.8 cm³/mol. The number of rotatable bonds is 4. The van der Waals surface area contributed by atoms with Crippen LogP contribution >= 0.6 is 0 Å². The second-order valence-corrected chi connectivity index (χ2v) is 7.83. The number of nitrogens with zero attached hydrogens (tertiary/aromatic N) is 2. The van der Waals surface area contributed by atoms with Crippen LogP contribution in [0.25, 0.3) is 0 Å². The van der Waals surface area contributed by atoms with E-state index < -0.39 is 0 Å². The zero-order chi connectivity index (χ0) is 17.8. The van der Waals surface area contributed by atoms with Crippen molar-refractivity contribution in [1.82, 2.24) is 9.88 Å². The van der Waals surface area contributed by atoms with E-state index in [0.29, 0.717) is 24.3 Å². The molecular formula is C21H28N2O3. The van der Waals surface area contributed by atoms with Crippen LogP contribution < -0.4 is 4.74 Å². The van der Waals surface area contributed by atoms with Crippen LogP contribution in [0.1, 0.15) is 32.1 Å². The standard InChI is InChI=1S/C21H28N2O3/c24-20(17-5-1-2-6-17)23-12-8-21(9-13-23)10-14-25-15-18(21)16-26-19-7-3-4-11-22-19/h1-4,7,11,17-18H,5-6,8-10,12-16H2/t18-/m1/s1. The van der Waals surface area contributed by atoms with Gasteiger partial charge in [-0.2, -0.15) is 0 Å². The molecule has 0 radical (unpaired) electrons. The largest absolute Gasteiger partial charge is 0.477 e. The van der Waals surface area contributed by atoms with Gasteiger partial charge in [0.05, 0.1) is 13.2 Å². The zero-order valence-corrected chi connectivity index (χ0v) is 15.3. The number of allylic oxidation sites excluding steroid dienone is 2. The van der Waals surface area contributed by atoms with Crippen molar-refractivity contribution >= 4 is 5.91 Å². The fourth-order valence-electron chi connectivity index (χ4n) is 4.63. The Morgan fingerprint density at radius 3 is 2.77 bits per heavy atom. The van der Waals surface area contributed by atoms with Gasteiger partial charge in [0, 0.05) is 43.8 Å². The van der Waals surface area contributed by atoms with Gasteiger partial charge in [-0.1, -0.05) is 18.2 Å². The normalized spacial score (nSPS) is 25.5. The number of hydrogen-bond acceptors (Lipinski definition) is 4. The van der Waals surface area contributed by atoms with E-state index in [1.807, 2.05) is 18.2 Å². The number of carbonyl (C=O) groups is 1. The molecule has 0 N–H and O–H groups in total. The summed E-state index contributed by atoms with van der Waals surface area (Å²) in [5.74, 6) is 1.57. The van der Waals surface area contributed by atoms with Crippen LogP contribution in [0.4, 0.5) is 0 Å². The van der Waals surface area contributed by atoms with Crippen LogP contribution in [-0.2, 0) is 9.53 Å². The summed E-state index contributed by atoms with van der Waals surface area (Å²) in [6.45, 7) is 3.94. The van der Waals surface area contributed by atoms with Crippen molar-refractivity contribution in [1.29, 1.82) is 0 Å². The highest BCUT2D eigenvalue weighted by molar-refractivity contribution is 5.79. The third-order valence-electron chi connectivity index (χ3n) is 6.43. The topological polar surface area (TPSA) is 51.7 Å². The minimum absolute atomic E-state index is 0.182. The zero-order valence-electron chi connectivity index (χ0n) is 15.3. The first-order valence-corrected chi connectivity index (χ1v) is 9.82. The van der Waals surface area contributed by atoms with Crippen LogP contribution in [0.5, 0.6) is 5.88 Å². The lowest BCUT2D eigenvalue weighted by molar-refractivity contribution is -0.141. The van der Waals surface area contributed by atoms with Gasteiger partial charge in [-0.05, 0) is 43.6 Å². The van der Waals surface area contributed by atoms with Crippen LogP contribution in [-0.4, -0.2) is 48.7 Å². The molecule has 2 aliphatic heterocycles. The second kappa shape index (κ2) is 7.78. The highest BCUT2D eigenvalue weighted by atomic mass is 16.5. The average molecular weight is 356 g/mol. The molecule has 1 aromatic heterocycles. The molecule has 1 aromatic rings. The Labute approximate surface area is 155 Å². The lowest BCUT2D eigenvalue weighted by Gasteiger charge is -2.49. The fraction of sp³-hybridized carbons (Fsp3) is 0.619. The Bertz CT molecular complexity index is 630. The molecule has 2 fully saturated rings. The number of ether oxygens (including phenoxy) is 2. The molecule has 1 spiro atoms. The maximum absolute atomic E-state index is 12.7. The molecule has 5 nitrogen and oxygen atoms in total. The molecule has 0 aromatic carbocycles. The van der Waals surface area contributed by atoms with E-state index in [-0.39, 0.29) is 11.3 Å². The number of likely N-dealkylation sites (tertiary alicyclic amines) is 1. The summed E-state index contributed by atoms with van der Waals surface area (Å²) < 4.78 is 11.7. The van der Waals surface area contributed by atoms with Crippen LogP contribution in [0.2, 0.25) is 0 Å². The molecule has 2 saturated heterocycles. The molecule has 1 aliphatic carbocycles. The first-order chi connectivity index (χ1) is 12.8. The van der Waals surface area contributed by atoms with E-state index in [2.05, 4.69) is 22.0 Å². The van der Waals surface area contributed by atoms with Gasteiger partial charge in [-0.15, -0.1) is 0 Å². The first kappa shape index (κ1) is 17.5. The van der Waals surface area contributed by atoms with E-state index in [1.165, 1.54) is 0 Å². The van der Waals surface area contributed by atoms with Crippen LogP contribution in [0.3, 0.4) is 0 Å². The molecule has 140 valence electrons. The number of aromatic nitrogens is 1. The Morgan fingerprint density at radius 2 is 2.04 bits per heavy atom. The summed E-state index contributed by atoms with van der Waals surface area (Å²) in [5, 5.41) is 0. The maximum Gasteiger partial charge on any atom is 0.226 e. The SMILES string of the molecule is O=C(C1CC=CC1)N1CCC2(CCOC[C@@H]2COc2ccccn2)CC1. The molecule has 1 amide bonds. The van der Waals surface area contributed by atoms with E-state index in [0.717, 1.165) is 58.4 Å². The first-order valence-electron chi connectivity index (χ1n) is 9.82. The van der Waals surface area contributed by atoms with Crippen molar-refractivity contribution in [3.05, 3.63) is 36.5 Å². The summed E-state index contributed by atoms with van der Waals surface area (Å²) >= 11 is 0. The van der Waals surface area contributed by atoms with Gasteiger partial charge in [-0.25, -0.2) is 4.98 Å². The molecule has 3 aliphatic rings. The van der Waals surface area contributed by atoms with Gasteiger partial charge in [0.2, 0.25) is 11.8 Å². The smallest absolute Gasteiger partial charge is 0.226 e. The van der Waals surface area contributed by atoms with Crippen molar-refractivity contribution < 1.29 is 14.3 Å². The molecule has 26 heavy (non-hydrogen) atoms. The fourth-order valence-corrected chi connectivity index (χ4v) is 4.63. The molecule has 0 bridgehead atoms. The van der Waals surface area contributed by atoms with Crippen LogP contribution in [0, 0.1) is 17.3 Å². The van der Waals surface area contributed by atoms with E-state index in [9.17, 15) is 4.79 Å². The summed E-state index contributed by atoms with van der Waals surface area (Å²) in [5.41, 5.74) is 0.234. The molecule has 0 saturated carbocycles. The Hall–Kier alpha value is -1.88. The van der Waals surface area contributed by atoms with Gasteiger partial charge in [0.25, 0.3) is 0 Å². The van der Waals surface area contributed by atoms with Crippen molar-refractivity contribution in [2.45, 2.75) is 32.1 Å². The second-order valence-electron chi connectivity index (χ2n) is 7.83. The van der Waals surface area contributed by atoms with E-state index >= 15 is 0 Å². The third kappa shape index (κ3) is 3.63. The summed E-state index contributed by atoms with van der Waals surface area (Å²) in [4.78, 5) is 19.0. The Kier molecular flexibility index (Phi) is 5.25. The van der Waals surface area contributed by atoms with Gasteiger partial charge in [0.1, 0.15) is 0 Å². The number of piperidine rings is 1. The molecule has 3 heterocycles. The van der Waals surface area contributed by atoms with Crippen molar-refractivity contribution in [3.63, 3.8) is 0 Å². The average Bonchev–Trinajstić information content (AvgIpc) is 3.23. The number of hydrogen-bond donors (Lipinski definition) is 0. The summed E-state index contributed by atoms with van der Waals surface area (Å²) in [6.07, 6.45) is 11.0. The molecule has 4 rings (SSSR count). The van der Waals surface area contributed by atoms with E-state index in [4.69, 9.17) is 9.47 Å². The summed E-state index contributed by atoms with van der Waals surface area (Å²) in [6, 6.07) is 5.73. The van der Waals surface area contributed by atoms with Crippen molar-refractivity contribution in [2.24, 2.45) is 17.3 Å². The predicted octanol–water partition coefficient (Wildman–Crippen LogP) is 3.07. The van der Waals surface area contributed by atoms with Crippen molar-refractivity contribution in [2.75, 3.05) is 32.9 Å². The van der Waals surface area contributed by atoms with Gasteiger partial charge < -0.3 is 14.4 Å². The molecule has 1 atom stereocenters. The molecule has 0 unspecified atom stereocenters. The lowest BCUT2D eigenvalue weighted by Crippen LogP contribution is -2.51. The quantitative estimate of drug-likeness (QED) is 0.778. The maximum atomic E-state index is 12.7. The van der Waals surface area contributed by atoms with Gasteiger partial charge >= 0.3 is 0 Å². The third-order valence-corrected chi connectivity index (χ3v) is 6.43. The Balaban J connectivity index is 1.36. The van der Waals surface area contributed by atoms with E-state index in [1.54, 1.807) is 6.20 Å². The summed E-state index contributed by atoms with van der Waals surface area (Å²) in [7, 11) is 0. The van der Waals surface area contributed by atoms with Gasteiger partial charge in [0.15, 0.2) is 0 Å². The number of amides is 1. The Morgan fingerprint density at radius 1 is 1.23 bits per heavy atom. The van der Waals surface area contributed by atoms with Gasteiger partial charge in [-0.3, -0.25) is 4.79 Å². The highest BCUT2D eigenvalue weighted by Gasteiger charge is 2.45.